The van der Waals surface area contributed by atoms with E-state index in [-0.39, 0.29) is 5.56 Å². The number of hydrogen-bond donors (Lipinski definition) is 0. The van der Waals surface area contributed by atoms with E-state index in [0.29, 0.717) is 6.07 Å². The highest BCUT2D eigenvalue weighted by molar-refractivity contribution is 5.31. The molecule has 1 unspecified atom stereocenters. The zero-order valence-electron chi connectivity index (χ0n) is 7.90. The standard InChI is InChI=1S/C11H8F4/c1-3-7(2)9-5-4-8(6-10(9)12)11(13,14)15/h1,4-7H,2H3. The highest BCUT2D eigenvalue weighted by Crippen LogP contribution is 2.31. The van der Waals surface area contributed by atoms with Crippen LogP contribution in [0.15, 0.2) is 18.2 Å². The smallest absolute Gasteiger partial charge is 0.207 e. The van der Waals surface area contributed by atoms with Gasteiger partial charge in [-0.15, -0.1) is 6.42 Å². The summed E-state index contributed by atoms with van der Waals surface area (Å²) in [5.41, 5.74) is -0.904. The van der Waals surface area contributed by atoms with Crippen molar-refractivity contribution in [3.05, 3.63) is 35.1 Å². The number of rotatable bonds is 1. The molecule has 0 N–H and O–H groups in total. The van der Waals surface area contributed by atoms with Crippen molar-refractivity contribution in [2.45, 2.75) is 19.0 Å². The molecule has 0 aliphatic carbocycles. The van der Waals surface area contributed by atoms with Crippen LogP contribution in [0.3, 0.4) is 0 Å². The summed E-state index contributed by atoms with van der Waals surface area (Å²) in [5.74, 6) is 0.803. The molecule has 0 heterocycles. The number of terminal acetylenes is 1. The number of hydrogen-bond acceptors (Lipinski definition) is 0. The van der Waals surface area contributed by atoms with Gasteiger partial charge < -0.3 is 0 Å². The molecule has 1 atom stereocenters. The number of benzene rings is 1. The van der Waals surface area contributed by atoms with Crippen LogP contribution in [0.4, 0.5) is 17.6 Å². The fraction of sp³-hybridized carbons (Fsp3) is 0.273. The summed E-state index contributed by atoms with van der Waals surface area (Å²) in [6.07, 6.45) is 0.529. The van der Waals surface area contributed by atoms with Crippen molar-refractivity contribution in [3.63, 3.8) is 0 Å². The second-order valence-corrected chi connectivity index (χ2v) is 3.12. The van der Waals surface area contributed by atoms with Crippen LogP contribution in [0.25, 0.3) is 0 Å². The van der Waals surface area contributed by atoms with Crippen LogP contribution in [-0.4, -0.2) is 0 Å². The summed E-state index contributed by atoms with van der Waals surface area (Å²) in [6.45, 7) is 1.55. The van der Waals surface area contributed by atoms with Crippen LogP contribution in [-0.2, 0) is 6.18 Å². The van der Waals surface area contributed by atoms with E-state index in [1.165, 1.54) is 0 Å². The molecule has 0 fully saturated rings. The van der Waals surface area contributed by atoms with Gasteiger partial charge in [-0.25, -0.2) is 4.39 Å². The fourth-order valence-corrected chi connectivity index (χ4v) is 1.14. The molecule has 4 heteroatoms. The average molecular weight is 216 g/mol. The third-order valence-electron chi connectivity index (χ3n) is 2.04. The van der Waals surface area contributed by atoms with Crippen LogP contribution in [0, 0.1) is 18.2 Å². The predicted octanol–water partition coefficient (Wildman–Crippen LogP) is 3.58. The van der Waals surface area contributed by atoms with Gasteiger partial charge in [0.2, 0.25) is 0 Å². The summed E-state index contributed by atoms with van der Waals surface area (Å²) < 4.78 is 49.7. The fourth-order valence-electron chi connectivity index (χ4n) is 1.14. The Morgan fingerprint density at radius 1 is 1.33 bits per heavy atom. The van der Waals surface area contributed by atoms with Crippen LogP contribution in [0.5, 0.6) is 0 Å². The Kier molecular flexibility index (Phi) is 3.04. The SMILES string of the molecule is C#CC(C)c1ccc(C(F)(F)F)cc1F. The Bertz CT molecular complexity index is 398. The van der Waals surface area contributed by atoms with Crippen molar-refractivity contribution in [2.75, 3.05) is 0 Å². The van der Waals surface area contributed by atoms with Gasteiger partial charge in [0.1, 0.15) is 5.82 Å². The lowest BCUT2D eigenvalue weighted by molar-refractivity contribution is -0.137. The summed E-state index contributed by atoms with van der Waals surface area (Å²) in [5, 5.41) is 0. The topological polar surface area (TPSA) is 0 Å². The Labute approximate surface area is 84.9 Å². The van der Waals surface area contributed by atoms with E-state index in [1.54, 1.807) is 6.92 Å². The first-order valence-corrected chi connectivity index (χ1v) is 4.19. The molecule has 0 radical (unpaired) electrons. The van der Waals surface area contributed by atoms with Gasteiger partial charge in [0.05, 0.1) is 5.56 Å². The van der Waals surface area contributed by atoms with Gasteiger partial charge in [0, 0.05) is 11.5 Å². The van der Waals surface area contributed by atoms with Crippen molar-refractivity contribution in [1.82, 2.24) is 0 Å². The van der Waals surface area contributed by atoms with E-state index in [1.807, 2.05) is 0 Å². The monoisotopic (exact) mass is 216 g/mol. The van der Waals surface area contributed by atoms with Gasteiger partial charge >= 0.3 is 6.18 Å². The van der Waals surface area contributed by atoms with E-state index < -0.39 is 23.5 Å². The van der Waals surface area contributed by atoms with Crippen molar-refractivity contribution >= 4 is 0 Å². The van der Waals surface area contributed by atoms with Crippen LogP contribution >= 0.6 is 0 Å². The van der Waals surface area contributed by atoms with Gasteiger partial charge in [-0.2, -0.15) is 13.2 Å². The van der Waals surface area contributed by atoms with Crippen molar-refractivity contribution in [2.24, 2.45) is 0 Å². The lowest BCUT2D eigenvalue weighted by Gasteiger charge is -2.10. The second-order valence-electron chi connectivity index (χ2n) is 3.12. The molecule has 15 heavy (non-hydrogen) atoms. The molecular weight excluding hydrogens is 208 g/mol. The minimum absolute atomic E-state index is 0.102. The summed E-state index contributed by atoms with van der Waals surface area (Å²) >= 11 is 0. The van der Waals surface area contributed by atoms with Gasteiger partial charge in [-0.3, -0.25) is 0 Å². The molecule has 1 rings (SSSR count). The zero-order chi connectivity index (χ0) is 11.6. The first kappa shape index (κ1) is 11.6. The quantitative estimate of drug-likeness (QED) is 0.497. The molecule has 0 saturated carbocycles. The lowest BCUT2D eigenvalue weighted by Crippen LogP contribution is -2.06. The van der Waals surface area contributed by atoms with Gasteiger partial charge in [0.15, 0.2) is 0 Å². The number of alkyl halides is 3. The molecule has 0 bridgehead atoms. The van der Waals surface area contributed by atoms with E-state index in [0.717, 1.165) is 12.1 Å². The molecule has 0 amide bonds. The second kappa shape index (κ2) is 3.93. The Morgan fingerprint density at radius 3 is 2.33 bits per heavy atom. The molecule has 0 nitrogen and oxygen atoms in total. The Balaban J connectivity index is 3.16. The van der Waals surface area contributed by atoms with Crippen LogP contribution in [0.2, 0.25) is 0 Å². The highest BCUT2D eigenvalue weighted by Gasteiger charge is 2.31. The van der Waals surface area contributed by atoms with Crippen molar-refractivity contribution < 1.29 is 17.6 Å². The van der Waals surface area contributed by atoms with Crippen LogP contribution < -0.4 is 0 Å². The van der Waals surface area contributed by atoms with E-state index in [2.05, 4.69) is 5.92 Å². The highest BCUT2D eigenvalue weighted by atomic mass is 19.4. The maximum absolute atomic E-state index is 13.2. The normalized spacial score (nSPS) is 13.3. The summed E-state index contributed by atoms with van der Waals surface area (Å²) in [7, 11) is 0. The van der Waals surface area contributed by atoms with Crippen LogP contribution in [0.1, 0.15) is 24.0 Å². The molecule has 1 aromatic carbocycles. The molecule has 0 aromatic heterocycles. The molecule has 1 aromatic rings. The third-order valence-corrected chi connectivity index (χ3v) is 2.04. The minimum atomic E-state index is -4.53. The van der Waals surface area contributed by atoms with E-state index in [4.69, 9.17) is 6.42 Å². The first-order chi connectivity index (χ1) is 6.86. The predicted molar refractivity (Wildman–Crippen MR) is 48.7 cm³/mol. The van der Waals surface area contributed by atoms with Crippen molar-refractivity contribution in [1.29, 1.82) is 0 Å². The number of halogens is 4. The van der Waals surface area contributed by atoms with E-state index in [9.17, 15) is 17.6 Å². The average Bonchev–Trinajstić information content (AvgIpc) is 2.15. The summed E-state index contributed by atoms with van der Waals surface area (Å²) in [6, 6.07) is 2.36. The van der Waals surface area contributed by atoms with Crippen molar-refractivity contribution in [3.8, 4) is 12.3 Å². The molecule has 80 valence electrons. The Hall–Kier alpha value is -1.50. The lowest BCUT2D eigenvalue weighted by atomic mass is 10.00. The van der Waals surface area contributed by atoms with E-state index >= 15 is 0 Å². The van der Waals surface area contributed by atoms with Gasteiger partial charge in [-0.05, 0) is 19.1 Å². The molecular formula is C11H8F4. The largest absolute Gasteiger partial charge is 0.416 e. The molecule has 0 spiro atoms. The molecule has 0 saturated heterocycles. The maximum Gasteiger partial charge on any atom is 0.416 e. The maximum atomic E-state index is 13.2. The molecule has 0 aliphatic rings. The summed E-state index contributed by atoms with van der Waals surface area (Å²) in [4.78, 5) is 0. The van der Waals surface area contributed by atoms with Gasteiger partial charge in [0.25, 0.3) is 0 Å². The Morgan fingerprint density at radius 2 is 1.93 bits per heavy atom. The molecule has 0 aliphatic heterocycles. The first-order valence-electron chi connectivity index (χ1n) is 4.19. The minimum Gasteiger partial charge on any atom is -0.207 e. The third kappa shape index (κ3) is 2.50. The zero-order valence-corrected chi connectivity index (χ0v) is 7.90. The van der Waals surface area contributed by atoms with Gasteiger partial charge in [-0.1, -0.05) is 12.0 Å².